The summed E-state index contributed by atoms with van der Waals surface area (Å²) in [5.41, 5.74) is 0.632. The quantitative estimate of drug-likeness (QED) is 0.633. The maximum absolute atomic E-state index is 12.5. The highest BCUT2D eigenvalue weighted by molar-refractivity contribution is 7.12. The molecule has 1 aliphatic rings. The third-order valence-electron chi connectivity index (χ3n) is 4.18. The first-order valence-electron chi connectivity index (χ1n) is 8.09. The molecule has 134 valence electrons. The van der Waals surface area contributed by atoms with E-state index in [4.69, 9.17) is 16.3 Å². The predicted molar refractivity (Wildman–Crippen MR) is 96.9 cm³/mol. The van der Waals surface area contributed by atoms with Gasteiger partial charge in [0.25, 0.3) is 0 Å². The number of carbonyl (C=O) groups excluding carboxylic acids is 1. The molecule has 1 saturated heterocycles. The molecule has 1 aliphatic heterocycles. The zero-order valence-corrected chi connectivity index (χ0v) is 15.2. The van der Waals surface area contributed by atoms with Gasteiger partial charge in [0.05, 0.1) is 10.7 Å². The highest BCUT2D eigenvalue weighted by Crippen LogP contribution is 2.25. The number of ether oxygens (including phenoxy) is 1. The molecule has 10 heteroatoms. The van der Waals surface area contributed by atoms with Gasteiger partial charge in [-0.15, -0.1) is 16.4 Å². The van der Waals surface area contributed by atoms with Gasteiger partial charge in [0.1, 0.15) is 23.1 Å². The molecule has 0 saturated carbocycles. The van der Waals surface area contributed by atoms with Gasteiger partial charge in [-0.1, -0.05) is 11.6 Å². The number of piperidine rings is 1. The summed E-state index contributed by atoms with van der Waals surface area (Å²) in [5.74, 6) is 0.548. The van der Waals surface area contributed by atoms with Crippen LogP contribution >= 0.6 is 22.9 Å². The summed E-state index contributed by atoms with van der Waals surface area (Å²) in [5, 5.41) is 13.5. The number of hydrogen-bond donors (Lipinski definition) is 0. The lowest BCUT2D eigenvalue weighted by Crippen LogP contribution is -2.38. The minimum Gasteiger partial charge on any atom is -0.458 e. The minimum absolute atomic E-state index is 0.116. The van der Waals surface area contributed by atoms with Gasteiger partial charge in [-0.3, -0.25) is 0 Å². The molecule has 0 bridgehead atoms. The zero-order chi connectivity index (χ0) is 17.9. The van der Waals surface area contributed by atoms with E-state index >= 15 is 0 Å². The number of tetrazole rings is 1. The SMILES string of the molecule is O=C(OC1CCN(c2ccc(Cl)cn2)CC1)c1sccc1-n1cnnn1. The highest BCUT2D eigenvalue weighted by atomic mass is 35.5. The fourth-order valence-electron chi connectivity index (χ4n) is 2.87. The number of anilines is 1. The number of carbonyl (C=O) groups is 1. The van der Waals surface area contributed by atoms with Crippen molar-refractivity contribution < 1.29 is 9.53 Å². The normalized spacial score (nSPS) is 15.2. The van der Waals surface area contributed by atoms with Crippen LogP contribution in [0.3, 0.4) is 0 Å². The average molecular weight is 391 g/mol. The zero-order valence-electron chi connectivity index (χ0n) is 13.7. The summed E-state index contributed by atoms with van der Waals surface area (Å²) in [6.45, 7) is 1.55. The van der Waals surface area contributed by atoms with Crippen molar-refractivity contribution in [2.24, 2.45) is 0 Å². The van der Waals surface area contributed by atoms with Crippen LogP contribution in [-0.4, -0.2) is 50.4 Å². The van der Waals surface area contributed by atoms with E-state index in [0.29, 0.717) is 15.6 Å². The van der Waals surface area contributed by atoms with Crippen LogP contribution in [0.2, 0.25) is 5.02 Å². The van der Waals surface area contributed by atoms with E-state index in [1.165, 1.54) is 22.3 Å². The minimum atomic E-state index is -0.339. The number of hydrogen-bond acceptors (Lipinski definition) is 8. The lowest BCUT2D eigenvalue weighted by Gasteiger charge is -2.32. The van der Waals surface area contributed by atoms with Crippen molar-refractivity contribution in [3.63, 3.8) is 0 Å². The summed E-state index contributed by atoms with van der Waals surface area (Å²) in [6, 6.07) is 5.53. The molecule has 0 atom stereocenters. The fraction of sp³-hybridized carbons (Fsp3) is 0.312. The first kappa shape index (κ1) is 16.9. The molecule has 0 N–H and O–H groups in total. The molecular weight excluding hydrogens is 376 g/mol. The largest absolute Gasteiger partial charge is 0.458 e. The smallest absolute Gasteiger partial charge is 0.350 e. The Hall–Kier alpha value is -2.52. The Kier molecular flexibility index (Phi) is 4.81. The van der Waals surface area contributed by atoms with E-state index in [9.17, 15) is 4.79 Å². The second-order valence-electron chi connectivity index (χ2n) is 5.82. The molecule has 3 aromatic rings. The van der Waals surface area contributed by atoms with E-state index in [1.807, 2.05) is 17.5 Å². The Bertz CT molecular complexity index is 875. The van der Waals surface area contributed by atoms with E-state index < -0.39 is 0 Å². The molecule has 4 rings (SSSR count). The van der Waals surface area contributed by atoms with Crippen molar-refractivity contribution in [1.82, 2.24) is 25.2 Å². The number of rotatable bonds is 4. The molecule has 0 aromatic carbocycles. The van der Waals surface area contributed by atoms with E-state index in [-0.39, 0.29) is 12.1 Å². The Morgan fingerprint density at radius 2 is 2.12 bits per heavy atom. The summed E-state index contributed by atoms with van der Waals surface area (Å²) < 4.78 is 7.16. The van der Waals surface area contributed by atoms with Crippen LogP contribution in [0.5, 0.6) is 0 Å². The number of thiophene rings is 1. The number of esters is 1. The Balaban J connectivity index is 1.37. The van der Waals surface area contributed by atoms with Crippen molar-refractivity contribution in [2.75, 3.05) is 18.0 Å². The topological polar surface area (TPSA) is 86.0 Å². The van der Waals surface area contributed by atoms with Crippen molar-refractivity contribution >= 4 is 34.7 Å². The lowest BCUT2D eigenvalue weighted by molar-refractivity contribution is 0.0250. The third kappa shape index (κ3) is 3.54. The van der Waals surface area contributed by atoms with Gasteiger partial charge in [-0.05, 0) is 34.0 Å². The van der Waals surface area contributed by atoms with Gasteiger partial charge in [-0.25, -0.2) is 9.78 Å². The van der Waals surface area contributed by atoms with Crippen LogP contribution < -0.4 is 4.90 Å². The predicted octanol–water partition coefficient (Wildman–Crippen LogP) is 2.60. The Morgan fingerprint density at radius 3 is 2.81 bits per heavy atom. The van der Waals surface area contributed by atoms with Gasteiger partial charge in [-0.2, -0.15) is 4.68 Å². The van der Waals surface area contributed by atoms with Gasteiger partial charge in [0, 0.05) is 32.1 Å². The molecule has 8 nitrogen and oxygen atoms in total. The van der Waals surface area contributed by atoms with Crippen LogP contribution in [-0.2, 0) is 4.74 Å². The number of pyridine rings is 1. The second kappa shape index (κ2) is 7.38. The molecule has 0 amide bonds. The Labute approximate surface area is 158 Å². The van der Waals surface area contributed by atoms with Crippen LogP contribution in [0.4, 0.5) is 5.82 Å². The maximum Gasteiger partial charge on any atom is 0.350 e. The maximum atomic E-state index is 12.5. The number of aromatic nitrogens is 5. The van der Waals surface area contributed by atoms with Gasteiger partial charge in [0.2, 0.25) is 0 Å². The van der Waals surface area contributed by atoms with Gasteiger partial charge >= 0.3 is 5.97 Å². The summed E-state index contributed by atoms with van der Waals surface area (Å²) in [4.78, 5) is 19.5. The van der Waals surface area contributed by atoms with E-state index in [1.54, 1.807) is 12.3 Å². The molecule has 0 aliphatic carbocycles. The Morgan fingerprint density at radius 1 is 1.27 bits per heavy atom. The molecule has 4 heterocycles. The fourth-order valence-corrected chi connectivity index (χ4v) is 3.74. The van der Waals surface area contributed by atoms with Crippen LogP contribution in [0.25, 0.3) is 5.69 Å². The molecule has 1 fully saturated rings. The molecule has 3 aromatic heterocycles. The second-order valence-corrected chi connectivity index (χ2v) is 7.17. The number of nitrogens with zero attached hydrogens (tertiary/aromatic N) is 6. The summed E-state index contributed by atoms with van der Waals surface area (Å²) >= 11 is 7.20. The third-order valence-corrected chi connectivity index (χ3v) is 5.28. The molecule has 26 heavy (non-hydrogen) atoms. The first-order valence-corrected chi connectivity index (χ1v) is 9.35. The molecule has 0 spiro atoms. The van der Waals surface area contributed by atoms with E-state index in [2.05, 4.69) is 25.4 Å². The number of halogens is 1. The molecular formula is C16H15ClN6O2S. The van der Waals surface area contributed by atoms with Crippen molar-refractivity contribution in [2.45, 2.75) is 18.9 Å². The van der Waals surface area contributed by atoms with Gasteiger partial charge < -0.3 is 9.64 Å². The monoisotopic (exact) mass is 390 g/mol. The van der Waals surface area contributed by atoms with Crippen molar-refractivity contribution in [1.29, 1.82) is 0 Å². The molecule has 0 radical (unpaired) electrons. The highest BCUT2D eigenvalue weighted by Gasteiger charge is 2.25. The standard InChI is InChI=1S/C16H15ClN6O2S/c17-11-1-2-14(18-9-11)22-6-3-12(4-7-22)25-16(24)15-13(5-8-26-15)23-10-19-20-21-23/h1-2,5,8-10,12H,3-4,6-7H2. The first-order chi connectivity index (χ1) is 12.7. The van der Waals surface area contributed by atoms with Crippen molar-refractivity contribution in [3.05, 3.63) is 46.0 Å². The van der Waals surface area contributed by atoms with E-state index in [0.717, 1.165) is 31.7 Å². The van der Waals surface area contributed by atoms with Crippen LogP contribution in [0.15, 0.2) is 36.1 Å². The van der Waals surface area contributed by atoms with Crippen LogP contribution in [0.1, 0.15) is 22.5 Å². The molecule has 0 unspecified atom stereocenters. The lowest BCUT2D eigenvalue weighted by atomic mass is 10.1. The summed E-state index contributed by atoms with van der Waals surface area (Å²) in [7, 11) is 0. The van der Waals surface area contributed by atoms with Gasteiger partial charge in [0.15, 0.2) is 0 Å². The average Bonchev–Trinajstić information content (AvgIpc) is 3.34. The van der Waals surface area contributed by atoms with Crippen molar-refractivity contribution in [3.8, 4) is 5.69 Å². The van der Waals surface area contributed by atoms with Crippen LogP contribution in [0, 0.1) is 0 Å². The summed E-state index contributed by atoms with van der Waals surface area (Å²) in [6.07, 6.45) is 4.48.